The molecule has 0 radical (unpaired) electrons. The lowest BCUT2D eigenvalue weighted by Crippen LogP contribution is -2.29. The van der Waals surface area contributed by atoms with Crippen LogP contribution in [0.25, 0.3) is 0 Å². The maximum absolute atomic E-state index is 12.3. The molecule has 0 bridgehead atoms. The third-order valence-electron chi connectivity index (χ3n) is 4.52. The van der Waals surface area contributed by atoms with E-state index in [0.717, 1.165) is 12.0 Å². The van der Waals surface area contributed by atoms with Crippen molar-refractivity contribution in [2.24, 2.45) is 5.73 Å². The number of anilines is 1. The van der Waals surface area contributed by atoms with E-state index in [-0.39, 0.29) is 18.2 Å². The first-order valence-electron chi connectivity index (χ1n) is 9.49. The highest BCUT2D eigenvalue weighted by atomic mass is 16.2. The van der Waals surface area contributed by atoms with Crippen molar-refractivity contribution in [3.63, 3.8) is 0 Å². The Morgan fingerprint density at radius 2 is 1.62 bits per heavy atom. The van der Waals surface area contributed by atoms with Crippen LogP contribution in [-0.4, -0.2) is 23.3 Å². The Bertz CT molecular complexity index is 928. The highest BCUT2D eigenvalue weighted by molar-refractivity contribution is 6.04. The van der Waals surface area contributed by atoms with Gasteiger partial charge in [-0.15, -0.1) is 0 Å². The van der Waals surface area contributed by atoms with E-state index in [0.29, 0.717) is 17.8 Å². The van der Waals surface area contributed by atoms with Gasteiger partial charge in [0.25, 0.3) is 5.91 Å². The topological polar surface area (TPSA) is 97.1 Å². The zero-order valence-corrected chi connectivity index (χ0v) is 16.0. The summed E-state index contributed by atoms with van der Waals surface area (Å²) in [6.45, 7) is 0.573. The van der Waals surface area contributed by atoms with E-state index in [1.165, 1.54) is 5.56 Å². The molecule has 6 heteroatoms. The van der Waals surface area contributed by atoms with Crippen molar-refractivity contribution in [1.82, 2.24) is 10.3 Å². The number of pyridine rings is 1. The van der Waals surface area contributed by atoms with Crippen LogP contribution in [0.5, 0.6) is 0 Å². The van der Waals surface area contributed by atoms with Crippen LogP contribution in [0.3, 0.4) is 0 Å². The maximum Gasteiger partial charge on any atom is 0.255 e. The first-order valence-corrected chi connectivity index (χ1v) is 9.49. The summed E-state index contributed by atoms with van der Waals surface area (Å²) in [5, 5.41) is 5.70. The second-order valence-electron chi connectivity index (χ2n) is 6.71. The summed E-state index contributed by atoms with van der Waals surface area (Å²) in [7, 11) is 0. The molecule has 0 aliphatic carbocycles. The predicted molar refractivity (Wildman–Crippen MR) is 113 cm³/mol. The lowest BCUT2D eigenvalue weighted by atomic mass is 10.0. The average molecular weight is 388 g/mol. The van der Waals surface area contributed by atoms with E-state index in [9.17, 15) is 9.59 Å². The maximum atomic E-state index is 12.3. The number of amides is 2. The van der Waals surface area contributed by atoms with Crippen LogP contribution in [-0.2, 0) is 11.2 Å². The molecule has 0 saturated heterocycles. The molecule has 6 nitrogen and oxygen atoms in total. The quantitative estimate of drug-likeness (QED) is 0.552. The second-order valence-corrected chi connectivity index (χ2v) is 6.71. The number of nitrogens with one attached hydrogen (secondary N) is 2. The molecule has 4 N–H and O–H groups in total. The number of nitrogens with two attached hydrogens (primary N) is 1. The van der Waals surface area contributed by atoms with Gasteiger partial charge in [0, 0.05) is 42.7 Å². The molecule has 0 spiro atoms. The first kappa shape index (κ1) is 20.2. The fourth-order valence-corrected chi connectivity index (χ4v) is 2.90. The molecule has 1 heterocycles. The molecule has 2 amide bonds. The standard InChI is InChI=1S/C23H24N4O2/c24-21(16-22(28)26-15-10-17-4-2-1-3-5-17)18-6-8-19(9-7-18)23(29)27-20-11-13-25-14-12-20/h1-9,11-14,21H,10,15-16,24H2,(H,26,28)(H,25,27,29). The van der Waals surface area contributed by atoms with E-state index in [1.54, 1.807) is 48.8 Å². The minimum absolute atomic E-state index is 0.0899. The SMILES string of the molecule is NC(CC(=O)NCCc1ccccc1)c1ccc(C(=O)Nc2ccncc2)cc1. The minimum atomic E-state index is -0.427. The van der Waals surface area contributed by atoms with Gasteiger partial charge in [0.1, 0.15) is 0 Å². The summed E-state index contributed by atoms with van der Waals surface area (Å²) >= 11 is 0. The van der Waals surface area contributed by atoms with Gasteiger partial charge in [0.2, 0.25) is 5.91 Å². The van der Waals surface area contributed by atoms with Crippen LogP contribution in [0.15, 0.2) is 79.1 Å². The second kappa shape index (κ2) is 10.1. The van der Waals surface area contributed by atoms with Gasteiger partial charge in [-0.3, -0.25) is 14.6 Å². The molecule has 148 valence electrons. The van der Waals surface area contributed by atoms with E-state index >= 15 is 0 Å². The summed E-state index contributed by atoms with van der Waals surface area (Å²) in [5.74, 6) is -0.303. The Kier molecular flexibility index (Phi) is 7.08. The number of hydrogen-bond donors (Lipinski definition) is 3. The van der Waals surface area contributed by atoms with Gasteiger partial charge in [-0.2, -0.15) is 0 Å². The summed E-state index contributed by atoms with van der Waals surface area (Å²) < 4.78 is 0. The Morgan fingerprint density at radius 1 is 0.931 bits per heavy atom. The third kappa shape index (κ3) is 6.26. The lowest BCUT2D eigenvalue weighted by Gasteiger charge is -2.13. The molecule has 1 unspecified atom stereocenters. The zero-order chi connectivity index (χ0) is 20.5. The fourth-order valence-electron chi connectivity index (χ4n) is 2.90. The number of hydrogen-bond acceptors (Lipinski definition) is 4. The van der Waals surface area contributed by atoms with Crippen LogP contribution in [0.4, 0.5) is 5.69 Å². The highest BCUT2D eigenvalue weighted by Gasteiger charge is 2.13. The number of aromatic nitrogens is 1. The molecule has 0 saturated carbocycles. The molecular weight excluding hydrogens is 364 g/mol. The van der Waals surface area contributed by atoms with E-state index in [4.69, 9.17) is 5.73 Å². The molecule has 0 aliphatic heterocycles. The van der Waals surface area contributed by atoms with Gasteiger partial charge in [0.05, 0.1) is 0 Å². The Hall–Kier alpha value is -3.51. The van der Waals surface area contributed by atoms with Crippen LogP contribution in [0, 0.1) is 0 Å². The molecule has 3 rings (SSSR count). The summed E-state index contributed by atoms with van der Waals surface area (Å²) in [4.78, 5) is 28.3. The molecule has 0 aliphatic rings. The Morgan fingerprint density at radius 3 is 2.31 bits per heavy atom. The summed E-state index contributed by atoms with van der Waals surface area (Å²) in [6, 6.07) is 20.0. The Balaban J connectivity index is 1.47. The molecule has 0 fully saturated rings. The minimum Gasteiger partial charge on any atom is -0.356 e. The molecule has 1 aromatic heterocycles. The van der Waals surface area contributed by atoms with Crippen molar-refractivity contribution in [1.29, 1.82) is 0 Å². The highest BCUT2D eigenvalue weighted by Crippen LogP contribution is 2.16. The summed E-state index contributed by atoms with van der Waals surface area (Å²) in [6.07, 6.45) is 4.20. The number of nitrogens with zero attached hydrogens (tertiary/aromatic N) is 1. The van der Waals surface area contributed by atoms with Crippen molar-refractivity contribution >= 4 is 17.5 Å². The number of carbonyl (C=O) groups is 2. The lowest BCUT2D eigenvalue weighted by molar-refractivity contribution is -0.121. The number of rotatable bonds is 8. The zero-order valence-electron chi connectivity index (χ0n) is 16.0. The predicted octanol–water partition coefficient (Wildman–Crippen LogP) is 3.08. The van der Waals surface area contributed by atoms with E-state index in [1.807, 2.05) is 30.3 Å². The molecule has 29 heavy (non-hydrogen) atoms. The van der Waals surface area contributed by atoms with Crippen LogP contribution in [0.1, 0.15) is 33.9 Å². The van der Waals surface area contributed by atoms with Crippen molar-refractivity contribution in [3.8, 4) is 0 Å². The van der Waals surface area contributed by atoms with Crippen LogP contribution >= 0.6 is 0 Å². The molecule has 2 aromatic carbocycles. The number of benzene rings is 2. The number of carbonyl (C=O) groups excluding carboxylic acids is 2. The van der Waals surface area contributed by atoms with Gasteiger partial charge >= 0.3 is 0 Å². The van der Waals surface area contributed by atoms with Crippen molar-refractivity contribution in [3.05, 3.63) is 95.8 Å². The van der Waals surface area contributed by atoms with Crippen LogP contribution in [0.2, 0.25) is 0 Å². The molecule has 1 atom stereocenters. The fraction of sp³-hybridized carbons (Fsp3) is 0.174. The van der Waals surface area contributed by atoms with Crippen molar-refractivity contribution in [2.45, 2.75) is 18.9 Å². The summed E-state index contributed by atoms with van der Waals surface area (Å²) in [5.41, 5.74) is 9.34. The Labute approximate surface area is 170 Å². The molecule has 3 aromatic rings. The van der Waals surface area contributed by atoms with Gasteiger partial charge in [-0.1, -0.05) is 42.5 Å². The van der Waals surface area contributed by atoms with Gasteiger partial charge in [-0.25, -0.2) is 0 Å². The van der Waals surface area contributed by atoms with E-state index < -0.39 is 6.04 Å². The van der Waals surface area contributed by atoms with Gasteiger partial charge in [-0.05, 0) is 41.8 Å². The van der Waals surface area contributed by atoms with Gasteiger partial charge in [0.15, 0.2) is 0 Å². The van der Waals surface area contributed by atoms with Gasteiger partial charge < -0.3 is 16.4 Å². The third-order valence-corrected chi connectivity index (χ3v) is 4.52. The largest absolute Gasteiger partial charge is 0.356 e. The van der Waals surface area contributed by atoms with Crippen molar-refractivity contribution < 1.29 is 9.59 Å². The van der Waals surface area contributed by atoms with E-state index in [2.05, 4.69) is 15.6 Å². The van der Waals surface area contributed by atoms with Crippen molar-refractivity contribution in [2.75, 3.05) is 11.9 Å². The van der Waals surface area contributed by atoms with Crippen LogP contribution < -0.4 is 16.4 Å². The normalized spacial score (nSPS) is 11.5. The monoisotopic (exact) mass is 388 g/mol. The first-order chi connectivity index (χ1) is 14.1. The average Bonchev–Trinajstić information content (AvgIpc) is 2.75. The smallest absolute Gasteiger partial charge is 0.255 e. The molecular formula is C23H24N4O2.